The van der Waals surface area contributed by atoms with Crippen molar-refractivity contribution in [3.63, 3.8) is 0 Å². The summed E-state index contributed by atoms with van der Waals surface area (Å²) in [5.41, 5.74) is 1.81. The van der Waals surface area contributed by atoms with Gasteiger partial charge in [0, 0.05) is 17.1 Å². The lowest BCUT2D eigenvalue weighted by Gasteiger charge is -2.35. The lowest BCUT2D eigenvalue weighted by molar-refractivity contribution is -0.184. The molecule has 0 amide bonds. The van der Waals surface area contributed by atoms with Crippen molar-refractivity contribution in [3.05, 3.63) is 16.6 Å². The van der Waals surface area contributed by atoms with E-state index in [0.29, 0.717) is 18.8 Å². The maximum absolute atomic E-state index is 12.8. The minimum atomic E-state index is -4.02. The van der Waals surface area contributed by atoms with Gasteiger partial charge in [-0.1, -0.05) is 6.92 Å². The van der Waals surface area contributed by atoms with E-state index in [2.05, 4.69) is 17.2 Å². The van der Waals surface area contributed by atoms with Crippen LogP contribution in [0.3, 0.4) is 0 Å². The second kappa shape index (κ2) is 7.58. The molecule has 1 aliphatic rings. The van der Waals surface area contributed by atoms with Crippen LogP contribution < -0.4 is 5.32 Å². The monoisotopic (exact) mass is 320 g/mol. The van der Waals surface area contributed by atoms with Crippen molar-refractivity contribution in [3.8, 4) is 0 Å². The molecular formula is C15H23F3N2S. The highest BCUT2D eigenvalue weighted by Crippen LogP contribution is 2.40. The van der Waals surface area contributed by atoms with Gasteiger partial charge in [-0.05, 0) is 51.0 Å². The maximum Gasteiger partial charge on any atom is 0.391 e. The van der Waals surface area contributed by atoms with E-state index in [1.54, 1.807) is 11.3 Å². The molecule has 120 valence electrons. The fraction of sp³-hybridized carbons (Fsp3) is 0.800. The Balaban J connectivity index is 1.92. The molecule has 0 bridgehead atoms. The molecule has 1 N–H and O–H groups in total. The fourth-order valence-electron chi connectivity index (χ4n) is 3.14. The van der Waals surface area contributed by atoms with Crippen molar-refractivity contribution in [2.75, 3.05) is 6.54 Å². The first-order valence-corrected chi connectivity index (χ1v) is 8.56. The van der Waals surface area contributed by atoms with E-state index >= 15 is 0 Å². The third-order valence-electron chi connectivity index (χ3n) is 4.36. The number of thiazole rings is 1. The first kappa shape index (κ1) is 16.7. The number of nitrogens with zero attached hydrogens (tertiary/aromatic N) is 1. The molecule has 1 atom stereocenters. The number of aromatic nitrogens is 1. The van der Waals surface area contributed by atoms with Crippen molar-refractivity contribution in [1.82, 2.24) is 10.3 Å². The first-order valence-electron chi connectivity index (χ1n) is 7.68. The van der Waals surface area contributed by atoms with E-state index in [9.17, 15) is 13.2 Å². The Bertz CT molecular complexity index is 398. The number of nitrogens with one attached hydrogen (secondary N) is 1. The van der Waals surface area contributed by atoms with Gasteiger partial charge in [-0.2, -0.15) is 13.2 Å². The number of hydrogen-bond donors (Lipinski definition) is 1. The summed E-state index contributed by atoms with van der Waals surface area (Å²) in [5.74, 6) is -0.749. The van der Waals surface area contributed by atoms with E-state index in [-0.39, 0.29) is 18.9 Å². The zero-order chi connectivity index (χ0) is 15.3. The van der Waals surface area contributed by atoms with Crippen molar-refractivity contribution in [1.29, 1.82) is 0 Å². The largest absolute Gasteiger partial charge is 0.391 e. The number of hydrogen-bond acceptors (Lipinski definition) is 3. The summed E-state index contributed by atoms with van der Waals surface area (Å²) in [6, 6.07) is 0.277. The van der Waals surface area contributed by atoms with Gasteiger partial charge in [0.1, 0.15) is 0 Å². The van der Waals surface area contributed by atoms with E-state index < -0.39 is 12.1 Å². The Morgan fingerprint density at radius 1 is 1.33 bits per heavy atom. The van der Waals surface area contributed by atoms with Crippen molar-refractivity contribution < 1.29 is 13.2 Å². The third kappa shape index (κ3) is 4.95. The Morgan fingerprint density at radius 3 is 2.57 bits per heavy atom. The molecule has 0 radical (unpaired) electrons. The van der Waals surface area contributed by atoms with Crippen molar-refractivity contribution in [2.24, 2.45) is 11.8 Å². The number of alkyl halides is 3. The average Bonchev–Trinajstić information content (AvgIpc) is 2.95. The van der Waals surface area contributed by atoms with Crippen LogP contribution in [0.25, 0.3) is 0 Å². The molecular weight excluding hydrogens is 297 g/mol. The van der Waals surface area contributed by atoms with Crippen LogP contribution in [0, 0.1) is 11.8 Å². The Morgan fingerprint density at radius 2 is 2.05 bits per heavy atom. The Hall–Kier alpha value is -0.620. The van der Waals surface area contributed by atoms with Crippen molar-refractivity contribution >= 4 is 11.3 Å². The lowest BCUT2D eigenvalue weighted by Crippen LogP contribution is -2.41. The smallest absolute Gasteiger partial charge is 0.313 e. The molecule has 21 heavy (non-hydrogen) atoms. The highest BCUT2D eigenvalue weighted by atomic mass is 32.1. The van der Waals surface area contributed by atoms with Gasteiger partial charge in [-0.3, -0.25) is 4.98 Å². The topological polar surface area (TPSA) is 24.9 Å². The van der Waals surface area contributed by atoms with E-state index in [0.717, 1.165) is 19.4 Å². The van der Waals surface area contributed by atoms with E-state index in [4.69, 9.17) is 0 Å². The predicted molar refractivity (Wildman–Crippen MR) is 79.4 cm³/mol. The number of rotatable bonds is 6. The molecule has 1 aliphatic carbocycles. The van der Waals surface area contributed by atoms with Crippen LogP contribution in [-0.4, -0.2) is 23.7 Å². The molecule has 1 fully saturated rings. The van der Waals surface area contributed by atoms with Gasteiger partial charge in [-0.15, -0.1) is 11.3 Å². The third-order valence-corrected chi connectivity index (χ3v) is 5.17. The van der Waals surface area contributed by atoms with E-state index in [1.807, 2.05) is 11.7 Å². The minimum Gasteiger partial charge on any atom is -0.313 e. The zero-order valence-electron chi connectivity index (χ0n) is 12.3. The lowest BCUT2D eigenvalue weighted by atomic mass is 9.77. The maximum atomic E-state index is 12.8. The summed E-state index contributed by atoms with van der Waals surface area (Å²) < 4.78 is 38.3. The molecule has 0 aromatic carbocycles. The molecule has 1 aromatic rings. The van der Waals surface area contributed by atoms with Crippen LogP contribution in [0.2, 0.25) is 0 Å². The highest BCUT2D eigenvalue weighted by molar-refractivity contribution is 7.09. The van der Waals surface area contributed by atoms with Gasteiger partial charge in [0.25, 0.3) is 0 Å². The molecule has 1 heterocycles. The molecule has 0 aliphatic heterocycles. The summed E-state index contributed by atoms with van der Waals surface area (Å²) in [7, 11) is 0. The molecule has 1 saturated carbocycles. The molecule has 0 spiro atoms. The Labute approximate surface area is 128 Å². The Kier molecular flexibility index (Phi) is 6.05. The summed E-state index contributed by atoms with van der Waals surface area (Å²) in [6.07, 6.45) is 1.67. The van der Waals surface area contributed by atoms with Gasteiger partial charge < -0.3 is 5.32 Å². The van der Waals surface area contributed by atoms with Gasteiger partial charge in [0.2, 0.25) is 0 Å². The van der Waals surface area contributed by atoms with Crippen LogP contribution in [0.1, 0.15) is 43.9 Å². The summed E-state index contributed by atoms with van der Waals surface area (Å²) in [6.45, 7) is 3.03. The molecule has 1 unspecified atom stereocenters. The second-order valence-corrected chi connectivity index (χ2v) is 6.86. The van der Waals surface area contributed by atoms with Crippen LogP contribution in [-0.2, 0) is 6.42 Å². The standard InChI is InChI=1S/C15H23F3N2S/c1-2-7-20-14(8-13-9-19-10-21-13)11-3-5-12(6-4-11)15(16,17)18/h9-12,14,20H,2-8H2,1H3. The minimum absolute atomic E-state index is 0.277. The van der Waals surface area contributed by atoms with Gasteiger partial charge in [-0.25, -0.2) is 0 Å². The van der Waals surface area contributed by atoms with Gasteiger partial charge >= 0.3 is 6.18 Å². The van der Waals surface area contributed by atoms with Crippen LogP contribution >= 0.6 is 11.3 Å². The van der Waals surface area contributed by atoms with Crippen LogP contribution in [0.15, 0.2) is 11.7 Å². The summed E-state index contributed by atoms with van der Waals surface area (Å²) in [4.78, 5) is 5.30. The second-order valence-electron chi connectivity index (χ2n) is 5.89. The highest BCUT2D eigenvalue weighted by Gasteiger charge is 2.42. The summed E-state index contributed by atoms with van der Waals surface area (Å²) >= 11 is 1.62. The van der Waals surface area contributed by atoms with Gasteiger partial charge in [0.15, 0.2) is 0 Å². The SMILES string of the molecule is CCCNC(Cc1cncs1)C1CCC(C(F)(F)F)CC1. The van der Waals surface area contributed by atoms with Crippen molar-refractivity contribution in [2.45, 2.75) is 57.7 Å². The fourth-order valence-corrected chi connectivity index (χ4v) is 3.80. The summed E-state index contributed by atoms with van der Waals surface area (Å²) in [5, 5.41) is 3.53. The molecule has 2 rings (SSSR count). The zero-order valence-corrected chi connectivity index (χ0v) is 13.1. The van der Waals surface area contributed by atoms with E-state index in [1.165, 1.54) is 4.88 Å². The van der Waals surface area contributed by atoms with Gasteiger partial charge in [0.05, 0.1) is 11.4 Å². The normalized spacial score (nSPS) is 25.0. The van der Waals surface area contributed by atoms with Crippen LogP contribution in [0.4, 0.5) is 13.2 Å². The molecule has 1 aromatic heterocycles. The number of halogens is 3. The molecule has 6 heteroatoms. The first-order chi connectivity index (χ1) is 10.0. The average molecular weight is 320 g/mol. The molecule has 0 saturated heterocycles. The van der Waals surface area contributed by atoms with Crippen LogP contribution in [0.5, 0.6) is 0 Å². The predicted octanol–water partition coefficient (Wildman–Crippen LogP) is 4.42. The quantitative estimate of drug-likeness (QED) is 0.839. The molecule has 2 nitrogen and oxygen atoms in total.